The van der Waals surface area contributed by atoms with E-state index in [4.69, 9.17) is 27.9 Å². The van der Waals surface area contributed by atoms with Crippen LogP contribution in [0.1, 0.15) is 16.7 Å². The first-order chi connectivity index (χ1) is 11.9. The van der Waals surface area contributed by atoms with Gasteiger partial charge in [0.2, 0.25) is 5.91 Å². The van der Waals surface area contributed by atoms with Crippen molar-refractivity contribution in [1.29, 1.82) is 0 Å². The first-order valence-corrected chi connectivity index (χ1v) is 9.81. The molecule has 3 nitrogen and oxygen atoms in total. The molecule has 0 spiro atoms. The van der Waals surface area contributed by atoms with E-state index in [1.165, 1.54) is 22.9 Å². The summed E-state index contributed by atoms with van der Waals surface area (Å²) >= 11 is 13.8. The smallest absolute Gasteiger partial charge is 0.234 e. The van der Waals surface area contributed by atoms with Crippen molar-refractivity contribution in [3.8, 4) is 5.75 Å². The summed E-state index contributed by atoms with van der Waals surface area (Å²) < 4.78 is 5.73. The molecule has 0 unspecified atom stereocenters. The van der Waals surface area contributed by atoms with E-state index in [9.17, 15) is 4.79 Å². The van der Waals surface area contributed by atoms with Crippen LogP contribution in [0, 0.1) is 20.8 Å². The molecule has 2 aromatic rings. The normalized spacial score (nSPS) is 10.6. The third kappa shape index (κ3) is 6.14. The molecule has 0 radical (unpaired) electrons. The van der Waals surface area contributed by atoms with E-state index in [1.54, 1.807) is 6.07 Å². The monoisotopic (exact) mass is 397 g/mol. The molecule has 2 aromatic carbocycles. The molecule has 0 atom stereocenters. The number of benzene rings is 2. The topological polar surface area (TPSA) is 38.3 Å². The van der Waals surface area contributed by atoms with Crippen LogP contribution in [-0.2, 0) is 4.79 Å². The van der Waals surface area contributed by atoms with Crippen molar-refractivity contribution < 1.29 is 9.53 Å². The van der Waals surface area contributed by atoms with Gasteiger partial charge in [-0.15, -0.1) is 11.8 Å². The maximum atomic E-state index is 12.1. The number of rotatable bonds is 7. The van der Waals surface area contributed by atoms with Gasteiger partial charge in [-0.05, 0) is 55.7 Å². The SMILES string of the molecule is Cc1cc(C)cc(OCCSCC(=O)Nc2c(Cl)ccc(C)c2Cl)c1. The Kier molecular flexibility index (Phi) is 7.48. The lowest BCUT2D eigenvalue weighted by molar-refractivity contribution is -0.113. The maximum absolute atomic E-state index is 12.1. The molecule has 0 aliphatic heterocycles. The summed E-state index contributed by atoms with van der Waals surface area (Å²) in [5.74, 6) is 1.76. The molecule has 0 heterocycles. The molecular weight excluding hydrogens is 377 g/mol. The minimum Gasteiger partial charge on any atom is -0.493 e. The zero-order valence-corrected chi connectivity index (χ0v) is 16.8. The predicted molar refractivity (Wildman–Crippen MR) is 109 cm³/mol. The number of ether oxygens (including phenoxy) is 1. The predicted octanol–water partition coefficient (Wildman–Crippen LogP) is 5.67. The Hall–Kier alpha value is -1.36. The highest BCUT2D eigenvalue weighted by molar-refractivity contribution is 7.99. The summed E-state index contributed by atoms with van der Waals surface area (Å²) in [6.45, 7) is 6.50. The minimum atomic E-state index is -0.134. The molecule has 2 rings (SSSR count). The lowest BCUT2D eigenvalue weighted by atomic mass is 10.1. The van der Waals surface area contributed by atoms with E-state index in [2.05, 4.69) is 11.4 Å². The Labute approximate surface area is 163 Å². The molecule has 0 aromatic heterocycles. The second-order valence-electron chi connectivity index (χ2n) is 5.83. The van der Waals surface area contributed by atoms with Gasteiger partial charge in [0.25, 0.3) is 0 Å². The third-order valence-electron chi connectivity index (χ3n) is 3.47. The van der Waals surface area contributed by atoms with Crippen molar-refractivity contribution in [3.05, 3.63) is 57.1 Å². The van der Waals surface area contributed by atoms with Crippen molar-refractivity contribution >= 4 is 46.6 Å². The van der Waals surface area contributed by atoms with Crippen molar-refractivity contribution in [2.24, 2.45) is 0 Å². The van der Waals surface area contributed by atoms with Crippen LogP contribution in [0.25, 0.3) is 0 Å². The first-order valence-electron chi connectivity index (χ1n) is 7.90. The van der Waals surface area contributed by atoms with E-state index in [0.717, 1.165) is 17.1 Å². The molecule has 0 aliphatic carbocycles. The molecule has 0 bridgehead atoms. The Morgan fingerprint density at radius 1 is 1.12 bits per heavy atom. The van der Waals surface area contributed by atoms with Gasteiger partial charge in [0.1, 0.15) is 5.75 Å². The Balaban J connectivity index is 1.75. The van der Waals surface area contributed by atoms with E-state index < -0.39 is 0 Å². The van der Waals surface area contributed by atoms with Gasteiger partial charge in [-0.3, -0.25) is 4.79 Å². The fourth-order valence-corrected chi connectivity index (χ4v) is 3.41. The highest BCUT2D eigenvalue weighted by Gasteiger charge is 2.11. The van der Waals surface area contributed by atoms with Crippen molar-refractivity contribution in [2.45, 2.75) is 20.8 Å². The van der Waals surface area contributed by atoms with Crippen LogP contribution in [0.4, 0.5) is 5.69 Å². The number of anilines is 1. The number of carbonyl (C=O) groups is 1. The number of hydrogen-bond donors (Lipinski definition) is 1. The number of carbonyl (C=O) groups excluding carboxylic acids is 1. The summed E-state index contributed by atoms with van der Waals surface area (Å²) in [5.41, 5.74) is 3.69. The molecule has 0 saturated heterocycles. The highest BCUT2D eigenvalue weighted by Crippen LogP contribution is 2.32. The van der Waals surface area contributed by atoms with Gasteiger partial charge in [0.05, 0.1) is 28.1 Å². The van der Waals surface area contributed by atoms with Gasteiger partial charge in [-0.2, -0.15) is 0 Å². The molecule has 134 valence electrons. The number of halogens is 2. The van der Waals surface area contributed by atoms with Gasteiger partial charge in [-0.1, -0.05) is 35.3 Å². The van der Waals surface area contributed by atoms with E-state index in [0.29, 0.717) is 28.1 Å². The van der Waals surface area contributed by atoms with Crippen molar-refractivity contribution in [3.63, 3.8) is 0 Å². The molecule has 1 N–H and O–H groups in total. The molecule has 6 heteroatoms. The molecule has 0 saturated carbocycles. The van der Waals surface area contributed by atoms with Crippen LogP contribution >= 0.6 is 35.0 Å². The Morgan fingerprint density at radius 2 is 1.80 bits per heavy atom. The molecule has 0 fully saturated rings. The van der Waals surface area contributed by atoms with Crippen LogP contribution in [0.15, 0.2) is 30.3 Å². The number of amides is 1. The Bertz CT molecular complexity index is 745. The van der Waals surface area contributed by atoms with Crippen LogP contribution in [0.2, 0.25) is 10.0 Å². The van der Waals surface area contributed by atoms with Gasteiger partial charge in [0.15, 0.2) is 0 Å². The molecule has 0 aliphatic rings. The average Bonchev–Trinajstić information content (AvgIpc) is 2.54. The number of hydrogen-bond acceptors (Lipinski definition) is 3. The molecule has 1 amide bonds. The second-order valence-corrected chi connectivity index (χ2v) is 7.72. The standard InChI is InChI=1S/C19H21Cl2NO2S/c1-12-8-13(2)10-15(9-12)24-6-7-25-11-17(23)22-19-16(20)5-4-14(3)18(19)21/h4-5,8-10H,6-7,11H2,1-3H3,(H,22,23). The molecular formula is C19H21Cl2NO2S. The number of aryl methyl sites for hydroxylation is 3. The van der Waals surface area contributed by atoms with Crippen LogP contribution < -0.4 is 10.1 Å². The fraction of sp³-hybridized carbons (Fsp3) is 0.316. The summed E-state index contributed by atoms with van der Waals surface area (Å²) in [5, 5.41) is 3.69. The second kappa shape index (κ2) is 9.37. The summed E-state index contributed by atoms with van der Waals surface area (Å²) in [6.07, 6.45) is 0. The number of thioether (sulfide) groups is 1. The highest BCUT2D eigenvalue weighted by atomic mass is 35.5. The maximum Gasteiger partial charge on any atom is 0.234 e. The van der Waals surface area contributed by atoms with Gasteiger partial charge in [0, 0.05) is 5.75 Å². The average molecular weight is 398 g/mol. The van der Waals surface area contributed by atoms with Gasteiger partial charge in [-0.25, -0.2) is 0 Å². The van der Waals surface area contributed by atoms with E-state index >= 15 is 0 Å². The van der Waals surface area contributed by atoms with Crippen molar-refractivity contribution in [1.82, 2.24) is 0 Å². The lowest BCUT2D eigenvalue weighted by Gasteiger charge is -2.11. The van der Waals surface area contributed by atoms with Gasteiger partial charge < -0.3 is 10.1 Å². The quantitative estimate of drug-likeness (QED) is 0.611. The minimum absolute atomic E-state index is 0.134. The van der Waals surface area contributed by atoms with Crippen molar-refractivity contribution in [2.75, 3.05) is 23.4 Å². The third-order valence-corrected chi connectivity index (χ3v) is 5.20. The van der Waals surface area contributed by atoms with Crippen LogP contribution in [0.5, 0.6) is 5.75 Å². The fourth-order valence-electron chi connectivity index (χ4n) is 2.35. The zero-order valence-electron chi connectivity index (χ0n) is 14.5. The zero-order chi connectivity index (χ0) is 18.4. The largest absolute Gasteiger partial charge is 0.493 e. The van der Waals surface area contributed by atoms with E-state index in [1.807, 2.05) is 39.0 Å². The lowest BCUT2D eigenvalue weighted by Crippen LogP contribution is -2.16. The van der Waals surface area contributed by atoms with Crippen LogP contribution in [0.3, 0.4) is 0 Å². The Morgan fingerprint density at radius 3 is 2.48 bits per heavy atom. The molecule has 25 heavy (non-hydrogen) atoms. The van der Waals surface area contributed by atoms with E-state index in [-0.39, 0.29) is 5.91 Å². The first kappa shape index (κ1) is 20.0. The van der Waals surface area contributed by atoms with Gasteiger partial charge >= 0.3 is 0 Å². The summed E-state index contributed by atoms with van der Waals surface area (Å²) in [4.78, 5) is 12.1. The summed E-state index contributed by atoms with van der Waals surface area (Å²) in [6, 6.07) is 9.66. The van der Waals surface area contributed by atoms with Crippen LogP contribution in [-0.4, -0.2) is 24.0 Å². The summed E-state index contributed by atoms with van der Waals surface area (Å²) in [7, 11) is 0. The number of nitrogens with one attached hydrogen (secondary N) is 1.